The predicted molar refractivity (Wildman–Crippen MR) is 145 cm³/mol. The molecule has 1 heterocycles. The number of ether oxygens (including phenoxy) is 2. The quantitative estimate of drug-likeness (QED) is 0.150. The van der Waals surface area contributed by atoms with E-state index in [2.05, 4.69) is 75.4 Å². The van der Waals surface area contributed by atoms with Gasteiger partial charge in [0, 0.05) is 8.04 Å². The van der Waals surface area contributed by atoms with Crippen LogP contribution in [0.25, 0.3) is 6.08 Å². The summed E-state index contributed by atoms with van der Waals surface area (Å²) in [7, 11) is 0. The molecule has 3 aromatic carbocycles. The van der Waals surface area contributed by atoms with E-state index in [4.69, 9.17) is 21.1 Å². The van der Waals surface area contributed by atoms with Crippen molar-refractivity contribution in [2.24, 2.45) is 4.99 Å². The second-order valence-corrected chi connectivity index (χ2v) is 11.0. The van der Waals surface area contributed by atoms with Gasteiger partial charge in [0.1, 0.15) is 12.4 Å². The molecule has 0 aliphatic carbocycles. The first-order valence-corrected chi connectivity index (χ1v) is 13.0. The maximum Gasteiger partial charge on any atom is 0.363 e. The highest BCUT2D eigenvalue weighted by Gasteiger charge is 2.26. The number of hydrogen-bond acceptors (Lipinski definition) is 4. The van der Waals surface area contributed by atoms with Crippen LogP contribution in [0.2, 0.25) is 5.02 Å². The number of benzene rings is 3. The van der Waals surface area contributed by atoms with Crippen molar-refractivity contribution in [3.63, 3.8) is 0 Å². The fraction of sp³-hybridized carbons (Fsp3) is 0.0435. The molecule has 0 saturated heterocycles. The number of cyclic esters (lactones) is 1. The van der Waals surface area contributed by atoms with Crippen LogP contribution in [-0.4, -0.2) is 11.9 Å². The van der Waals surface area contributed by atoms with E-state index in [9.17, 15) is 4.79 Å². The Labute approximate surface area is 228 Å². The van der Waals surface area contributed by atoms with Crippen molar-refractivity contribution < 1.29 is 14.3 Å². The molecular formula is C23H12Br3ClINO3. The topological polar surface area (TPSA) is 47.9 Å². The maximum atomic E-state index is 12.4. The Morgan fingerprint density at radius 3 is 2.41 bits per heavy atom. The smallest absolute Gasteiger partial charge is 0.363 e. The van der Waals surface area contributed by atoms with Gasteiger partial charge >= 0.3 is 5.97 Å². The van der Waals surface area contributed by atoms with Crippen LogP contribution in [-0.2, 0) is 16.1 Å². The third-order valence-electron chi connectivity index (χ3n) is 4.40. The molecule has 1 aliphatic heterocycles. The molecule has 0 radical (unpaired) electrons. The first kappa shape index (κ1) is 23.9. The minimum absolute atomic E-state index is 0.192. The zero-order valence-electron chi connectivity index (χ0n) is 16.0. The van der Waals surface area contributed by atoms with Gasteiger partial charge in [-0.3, -0.25) is 0 Å². The van der Waals surface area contributed by atoms with Crippen LogP contribution in [0.15, 0.2) is 78.7 Å². The molecule has 0 amide bonds. The molecule has 0 N–H and O–H groups in total. The molecule has 0 spiro atoms. The summed E-state index contributed by atoms with van der Waals surface area (Å²) in [5.41, 5.74) is 2.57. The molecule has 9 heteroatoms. The summed E-state index contributed by atoms with van der Waals surface area (Å²) in [6, 6.07) is 17.1. The van der Waals surface area contributed by atoms with Gasteiger partial charge in [0.2, 0.25) is 5.90 Å². The van der Waals surface area contributed by atoms with Gasteiger partial charge in [-0.1, -0.05) is 39.7 Å². The fourth-order valence-corrected chi connectivity index (χ4v) is 5.29. The minimum atomic E-state index is -0.530. The van der Waals surface area contributed by atoms with E-state index in [-0.39, 0.29) is 11.6 Å². The first-order valence-electron chi connectivity index (χ1n) is 9.14. The predicted octanol–water partition coefficient (Wildman–Crippen LogP) is 8.16. The number of halogens is 5. The van der Waals surface area contributed by atoms with Crippen LogP contribution in [0.3, 0.4) is 0 Å². The third kappa shape index (κ3) is 5.64. The van der Waals surface area contributed by atoms with Crippen molar-refractivity contribution in [3.05, 3.63) is 99.0 Å². The molecule has 32 heavy (non-hydrogen) atoms. The number of carbonyl (C=O) groups excluding carboxylic acids is 1. The van der Waals surface area contributed by atoms with Gasteiger partial charge in [0.25, 0.3) is 0 Å². The number of esters is 1. The molecule has 0 fully saturated rings. The van der Waals surface area contributed by atoms with Crippen LogP contribution in [0.5, 0.6) is 5.75 Å². The molecule has 1 aliphatic rings. The molecule has 0 aromatic heterocycles. The third-order valence-corrected chi connectivity index (χ3v) is 7.11. The van der Waals surface area contributed by atoms with Crippen molar-refractivity contribution in [1.82, 2.24) is 0 Å². The van der Waals surface area contributed by atoms with Gasteiger partial charge in [-0.2, -0.15) is 0 Å². The Kier molecular flexibility index (Phi) is 7.77. The highest BCUT2D eigenvalue weighted by Crippen LogP contribution is 2.36. The van der Waals surface area contributed by atoms with Crippen LogP contribution >= 0.6 is 82.0 Å². The molecule has 162 valence electrons. The lowest BCUT2D eigenvalue weighted by Crippen LogP contribution is -2.06. The molecule has 0 unspecified atom stereocenters. The lowest BCUT2D eigenvalue weighted by Gasteiger charge is -2.11. The second-order valence-electron chi connectivity index (χ2n) is 6.69. The van der Waals surface area contributed by atoms with Crippen molar-refractivity contribution in [2.75, 3.05) is 0 Å². The normalized spacial score (nSPS) is 14.5. The fourth-order valence-electron chi connectivity index (χ4n) is 2.88. The Morgan fingerprint density at radius 1 is 1.03 bits per heavy atom. The van der Waals surface area contributed by atoms with Crippen LogP contribution in [0, 0.1) is 3.57 Å². The van der Waals surface area contributed by atoms with E-state index >= 15 is 0 Å². The Hall–Kier alpha value is -1.20. The molecule has 3 aromatic rings. The number of hydrogen-bond donors (Lipinski definition) is 0. The zero-order valence-corrected chi connectivity index (χ0v) is 23.7. The van der Waals surface area contributed by atoms with Crippen LogP contribution in [0.1, 0.15) is 16.7 Å². The average Bonchev–Trinajstić information content (AvgIpc) is 3.10. The highest BCUT2D eigenvalue weighted by molar-refractivity contribution is 14.1. The average molecular weight is 752 g/mol. The lowest BCUT2D eigenvalue weighted by molar-refractivity contribution is -0.129. The number of rotatable bonds is 5. The number of aliphatic imine (C=N–C) groups is 1. The molecule has 4 nitrogen and oxygen atoms in total. The van der Waals surface area contributed by atoms with Crippen molar-refractivity contribution in [3.8, 4) is 5.75 Å². The van der Waals surface area contributed by atoms with E-state index in [0.717, 1.165) is 28.1 Å². The van der Waals surface area contributed by atoms with Crippen LogP contribution in [0.4, 0.5) is 0 Å². The van der Waals surface area contributed by atoms with Gasteiger partial charge in [-0.25, -0.2) is 9.79 Å². The van der Waals surface area contributed by atoms with E-state index in [1.165, 1.54) is 0 Å². The summed E-state index contributed by atoms with van der Waals surface area (Å²) in [6.45, 7) is 0.418. The summed E-state index contributed by atoms with van der Waals surface area (Å²) >= 11 is 18.9. The summed E-state index contributed by atoms with van der Waals surface area (Å²) in [4.78, 5) is 16.7. The van der Waals surface area contributed by atoms with E-state index in [1.54, 1.807) is 12.1 Å². The van der Waals surface area contributed by atoms with E-state index in [1.807, 2.05) is 48.5 Å². The van der Waals surface area contributed by atoms with Crippen molar-refractivity contribution in [2.45, 2.75) is 6.61 Å². The molecule has 0 bridgehead atoms. The summed E-state index contributed by atoms with van der Waals surface area (Å²) in [6.07, 6.45) is 1.66. The molecule has 0 saturated carbocycles. The number of nitrogens with zero attached hydrogens (tertiary/aromatic N) is 1. The van der Waals surface area contributed by atoms with E-state index < -0.39 is 5.97 Å². The Bertz CT molecular complexity index is 1250. The first-order chi connectivity index (χ1) is 15.3. The van der Waals surface area contributed by atoms with Gasteiger partial charge in [0.15, 0.2) is 5.70 Å². The SMILES string of the molecule is O=C1OC(c2cc(I)ccc2Cl)=N/C1=C\c1cc(Br)c(OCc2ccc(Br)cc2)c(Br)c1. The van der Waals surface area contributed by atoms with Crippen LogP contribution < -0.4 is 4.74 Å². The van der Waals surface area contributed by atoms with Gasteiger partial charge in [-0.05, 0) is 114 Å². The van der Waals surface area contributed by atoms with Crippen molar-refractivity contribution in [1.29, 1.82) is 0 Å². The Balaban J connectivity index is 1.57. The van der Waals surface area contributed by atoms with Crippen molar-refractivity contribution >= 4 is 99.9 Å². The standard InChI is InChI=1S/C23H12Br3ClINO3/c24-14-3-1-12(2-4-14)11-31-21-17(25)7-13(8-18(21)26)9-20-23(30)32-22(29-20)16-10-15(28)5-6-19(16)27/h1-10H,11H2/b20-9-. The maximum absolute atomic E-state index is 12.4. The van der Waals surface area contributed by atoms with Gasteiger partial charge < -0.3 is 9.47 Å². The van der Waals surface area contributed by atoms with Gasteiger partial charge in [0.05, 0.1) is 19.5 Å². The molecule has 4 rings (SSSR count). The molecular weight excluding hydrogens is 740 g/mol. The largest absolute Gasteiger partial charge is 0.487 e. The summed E-state index contributed by atoms with van der Waals surface area (Å²) < 4.78 is 14.8. The highest BCUT2D eigenvalue weighted by atomic mass is 127. The summed E-state index contributed by atoms with van der Waals surface area (Å²) in [5.74, 6) is 0.328. The lowest BCUT2D eigenvalue weighted by atomic mass is 10.2. The Morgan fingerprint density at radius 2 is 1.72 bits per heavy atom. The zero-order chi connectivity index (χ0) is 22.8. The minimum Gasteiger partial charge on any atom is -0.487 e. The second kappa shape index (κ2) is 10.4. The summed E-state index contributed by atoms with van der Waals surface area (Å²) in [5, 5.41) is 0.469. The molecule has 0 atom stereocenters. The van der Waals surface area contributed by atoms with Gasteiger partial charge in [-0.15, -0.1) is 0 Å². The monoisotopic (exact) mass is 749 g/mol. The van der Waals surface area contributed by atoms with E-state index in [0.29, 0.717) is 22.9 Å². The number of carbonyl (C=O) groups is 1.